The summed E-state index contributed by atoms with van der Waals surface area (Å²) in [5, 5.41) is 19.8. The van der Waals surface area contributed by atoms with Gasteiger partial charge in [0.15, 0.2) is 5.82 Å². The highest BCUT2D eigenvalue weighted by molar-refractivity contribution is 6.02. The first-order chi connectivity index (χ1) is 23.2. The Morgan fingerprint density at radius 1 is 1.15 bits per heavy atom. The van der Waals surface area contributed by atoms with Crippen molar-refractivity contribution in [1.82, 2.24) is 25.2 Å². The van der Waals surface area contributed by atoms with Gasteiger partial charge in [0.2, 0.25) is 0 Å². The number of ether oxygens (including phenoxy) is 1. The minimum atomic E-state index is -0.909. The highest BCUT2D eigenvalue weighted by atomic mass is 19.1. The summed E-state index contributed by atoms with van der Waals surface area (Å²) in [6, 6.07) is 6.64. The van der Waals surface area contributed by atoms with Gasteiger partial charge in [-0.2, -0.15) is 9.97 Å². The molecule has 3 fully saturated rings. The van der Waals surface area contributed by atoms with Crippen molar-refractivity contribution in [2.75, 3.05) is 25.0 Å². The van der Waals surface area contributed by atoms with Crippen LogP contribution in [0.5, 0.6) is 11.8 Å². The average Bonchev–Trinajstić information content (AvgIpc) is 3.75. The van der Waals surface area contributed by atoms with E-state index < -0.39 is 23.3 Å². The number of hydrogen-bond donors (Lipinski definition) is 3. The fourth-order valence-electron chi connectivity index (χ4n) is 8.63. The molecule has 254 valence electrons. The van der Waals surface area contributed by atoms with Gasteiger partial charge in [0.1, 0.15) is 41.4 Å². The van der Waals surface area contributed by atoms with E-state index in [-0.39, 0.29) is 47.6 Å². The summed E-state index contributed by atoms with van der Waals surface area (Å²) in [6.07, 6.45) is 5.57. The van der Waals surface area contributed by atoms with Gasteiger partial charge in [-0.05, 0) is 86.0 Å². The molecule has 2 saturated heterocycles. The Morgan fingerprint density at radius 2 is 1.98 bits per heavy atom. The molecule has 4 aromatic rings. The molecule has 8 rings (SSSR count). The van der Waals surface area contributed by atoms with Gasteiger partial charge in [-0.25, -0.2) is 18.2 Å². The Kier molecular flexibility index (Phi) is 7.90. The van der Waals surface area contributed by atoms with E-state index in [2.05, 4.69) is 34.4 Å². The number of phenols is 1. The second kappa shape index (κ2) is 12.0. The summed E-state index contributed by atoms with van der Waals surface area (Å²) in [5.41, 5.74) is 1.01. The number of phenolic OH excluding ortho intramolecular Hbond substituents is 1. The molecule has 1 saturated carbocycles. The third-order valence-corrected chi connectivity index (χ3v) is 11.1. The lowest BCUT2D eigenvalue weighted by atomic mass is 9.91. The van der Waals surface area contributed by atoms with Crippen molar-refractivity contribution in [2.45, 2.75) is 108 Å². The number of pyridine rings is 1. The number of fused-ring (bicyclic) bond motifs is 2. The van der Waals surface area contributed by atoms with Crippen LogP contribution in [0.25, 0.3) is 32.9 Å². The van der Waals surface area contributed by atoms with Gasteiger partial charge in [-0.15, -0.1) is 0 Å². The van der Waals surface area contributed by atoms with Crippen molar-refractivity contribution < 1.29 is 23.0 Å². The van der Waals surface area contributed by atoms with Crippen LogP contribution in [0.4, 0.5) is 19.0 Å². The summed E-state index contributed by atoms with van der Waals surface area (Å²) in [6.45, 7) is 7.53. The topological polar surface area (TPSA) is 95.4 Å². The van der Waals surface area contributed by atoms with Crippen molar-refractivity contribution in [2.24, 2.45) is 0 Å². The zero-order valence-electron chi connectivity index (χ0n) is 27.8. The van der Waals surface area contributed by atoms with E-state index >= 15 is 8.78 Å². The van der Waals surface area contributed by atoms with E-state index in [0.717, 1.165) is 38.6 Å². The minimum Gasteiger partial charge on any atom is -0.508 e. The number of aryl methyl sites for hydroxylation is 1. The molecular formula is C37H43F3N6O2. The fraction of sp³-hybridized carbons (Fsp3) is 0.541. The Labute approximate surface area is 278 Å². The lowest BCUT2D eigenvalue weighted by molar-refractivity contribution is 0.107. The molecule has 8 nitrogen and oxygen atoms in total. The Bertz CT molecular complexity index is 1900. The van der Waals surface area contributed by atoms with Gasteiger partial charge in [0.05, 0.1) is 16.6 Å². The van der Waals surface area contributed by atoms with Crippen LogP contribution in [-0.2, 0) is 6.42 Å². The van der Waals surface area contributed by atoms with Gasteiger partial charge in [-0.3, -0.25) is 4.90 Å². The van der Waals surface area contributed by atoms with Crippen LogP contribution in [-0.4, -0.2) is 74.5 Å². The van der Waals surface area contributed by atoms with Crippen molar-refractivity contribution in [3.63, 3.8) is 0 Å². The number of nitrogens with one attached hydrogen (secondary N) is 2. The molecule has 48 heavy (non-hydrogen) atoms. The largest absolute Gasteiger partial charge is 0.508 e. The third kappa shape index (κ3) is 5.33. The molecule has 0 unspecified atom stereocenters. The molecule has 2 aromatic carbocycles. The summed E-state index contributed by atoms with van der Waals surface area (Å²) < 4.78 is 53.2. The van der Waals surface area contributed by atoms with Crippen LogP contribution in [0.1, 0.15) is 82.9 Å². The van der Waals surface area contributed by atoms with Gasteiger partial charge < -0.3 is 20.5 Å². The predicted octanol–water partition coefficient (Wildman–Crippen LogP) is 7.16. The number of alkyl halides is 1. The maximum absolute atomic E-state index is 17.1. The molecular weight excluding hydrogens is 617 g/mol. The van der Waals surface area contributed by atoms with E-state index in [1.807, 2.05) is 6.92 Å². The third-order valence-electron chi connectivity index (χ3n) is 11.1. The number of rotatable bonds is 9. The number of halogens is 3. The van der Waals surface area contributed by atoms with Crippen molar-refractivity contribution >= 4 is 27.5 Å². The van der Waals surface area contributed by atoms with Gasteiger partial charge >= 0.3 is 6.01 Å². The lowest BCUT2D eigenvalue weighted by Gasteiger charge is -2.31. The molecule has 4 aliphatic rings. The lowest BCUT2D eigenvalue weighted by Crippen LogP contribution is -2.45. The first kappa shape index (κ1) is 31.6. The Balaban J connectivity index is 1.30. The highest BCUT2D eigenvalue weighted by Crippen LogP contribution is 2.44. The number of aromatic hydroxyl groups is 1. The molecule has 0 spiro atoms. The van der Waals surface area contributed by atoms with Crippen molar-refractivity contribution in [1.29, 1.82) is 0 Å². The molecule has 3 N–H and O–H groups in total. The second-order valence-electron chi connectivity index (χ2n) is 14.4. The van der Waals surface area contributed by atoms with Crippen molar-refractivity contribution in [3.05, 3.63) is 47.2 Å². The number of nitrogens with zero attached hydrogens (tertiary/aromatic N) is 4. The SMILES string of the molecule is CCc1c(F)ccc2cc(O)cc(-c3nc4c5c(nc(OC[C@@]67CCCN6C[C@H](F)C7)nc5c3F)N[C@@H]([C@H](CC)NC3CC3)C[C@@H]4C)c12. The van der Waals surface area contributed by atoms with Crippen LogP contribution in [0.2, 0.25) is 0 Å². The Hall–Kier alpha value is -3.70. The molecule has 5 heterocycles. The first-order valence-corrected chi connectivity index (χ1v) is 17.6. The monoisotopic (exact) mass is 660 g/mol. The number of hydrogen-bond acceptors (Lipinski definition) is 8. The zero-order valence-corrected chi connectivity index (χ0v) is 27.8. The van der Waals surface area contributed by atoms with E-state index in [4.69, 9.17) is 14.7 Å². The predicted molar refractivity (Wildman–Crippen MR) is 180 cm³/mol. The van der Waals surface area contributed by atoms with Crippen LogP contribution < -0.4 is 15.4 Å². The maximum Gasteiger partial charge on any atom is 0.319 e. The fourth-order valence-corrected chi connectivity index (χ4v) is 8.63. The van der Waals surface area contributed by atoms with E-state index in [1.165, 1.54) is 12.1 Å². The summed E-state index contributed by atoms with van der Waals surface area (Å²) in [7, 11) is 0. The zero-order chi connectivity index (χ0) is 33.3. The molecule has 2 aromatic heterocycles. The summed E-state index contributed by atoms with van der Waals surface area (Å²) >= 11 is 0. The average molecular weight is 661 g/mol. The maximum atomic E-state index is 17.1. The number of anilines is 1. The van der Waals surface area contributed by atoms with Gasteiger partial charge in [0, 0.05) is 42.6 Å². The molecule has 0 amide bonds. The number of benzene rings is 2. The quantitative estimate of drug-likeness (QED) is 0.174. The highest BCUT2D eigenvalue weighted by Gasteiger charge is 2.49. The molecule has 5 atom stereocenters. The summed E-state index contributed by atoms with van der Waals surface area (Å²) in [4.78, 5) is 16.7. The first-order valence-electron chi connectivity index (χ1n) is 17.6. The van der Waals surface area contributed by atoms with Gasteiger partial charge in [-0.1, -0.05) is 26.8 Å². The van der Waals surface area contributed by atoms with E-state index in [1.54, 1.807) is 12.1 Å². The second-order valence-corrected chi connectivity index (χ2v) is 14.4. The molecule has 0 radical (unpaired) electrons. The Morgan fingerprint density at radius 3 is 2.75 bits per heavy atom. The van der Waals surface area contributed by atoms with Crippen LogP contribution in [0.15, 0.2) is 24.3 Å². The smallest absolute Gasteiger partial charge is 0.319 e. The van der Waals surface area contributed by atoms with Crippen LogP contribution in [0, 0.1) is 11.6 Å². The molecule has 0 bridgehead atoms. The summed E-state index contributed by atoms with van der Waals surface area (Å²) in [5.74, 6) is -0.798. The minimum absolute atomic E-state index is 0.000581. The van der Waals surface area contributed by atoms with Gasteiger partial charge in [0.25, 0.3) is 0 Å². The standard InChI is InChI=1S/C37H43F3N6O2/c1-4-24-26(39)10-7-20-14-23(47)15-25(29(20)24)33-31(40)34-30-32(43-33)19(3)13-28(27(5-2)41-22-8-9-22)42-35(30)45-36(44-34)48-18-37-11-6-12-46(37)17-21(38)16-37/h7,10,14-15,19,21-22,27-28,41,47H,4-6,8-9,11-13,16-18H2,1-3H3,(H,42,44,45)/t19-,21+,27-,28+,37-/m0/s1. The van der Waals surface area contributed by atoms with Crippen LogP contribution >= 0.6 is 0 Å². The molecule has 1 aliphatic carbocycles. The normalized spacial score (nSPS) is 26.1. The number of aromatic nitrogens is 3. The molecule has 11 heteroatoms. The van der Waals surface area contributed by atoms with E-state index in [9.17, 15) is 9.50 Å². The van der Waals surface area contributed by atoms with Crippen LogP contribution in [0.3, 0.4) is 0 Å². The van der Waals surface area contributed by atoms with Crippen molar-refractivity contribution in [3.8, 4) is 23.0 Å². The van der Waals surface area contributed by atoms with E-state index in [0.29, 0.717) is 70.6 Å². The molecule has 3 aliphatic heterocycles.